The third-order valence-corrected chi connectivity index (χ3v) is 6.78. The molecule has 3 nitrogen and oxygen atoms in total. The molecular formula is C27H37NO2. The average molecular weight is 408 g/mol. The van der Waals surface area contributed by atoms with E-state index in [4.69, 9.17) is 4.74 Å². The maximum Gasteiger partial charge on any atom is 0.411 e. The molecule has 0 aliphatic carbocycles. The molecule has 1 fully saturated rings. The zero-order chi connectivity index (χ0) is 21.8. The quantitative estimate of drug-likeness (QED) is 0.441. The van der Waals surface area contributed by atoms with Gasteiger partial charge in [-0.05, 0) is 38.5 Å². The van der Waals surface area contributed by atoms with E-state index in [0.717, 1.165) is 43.2 Å². The van der Waals surface area contributed by atoms with E-state index >= 15 is 0 Å². The molecule has 0 radical (unpaired) electrons. The van der Waals surface area contributed by atoms with Gasteiger partial charge < -0.3 is 4.74 Å². The fraction of sp³-hybridized carbons (Fsp3) is 0.519. The molecule has 2 atom stereocenters. The summed E-state index contributed by atoms with van der Waals surface area (Å²) in [5, 5.41) is 0. The largest absolute Gasteiger partial charge is 0.431 e. The number of hydrogen-bond donors (Lipinski definition) is 0. The van der Waals surface area contributed by atoms with Crippen LogP contribution in [0.2, 0.25) is 0 Å². The Morgan fingerprint density at radius 3 is 1.97 bits per heavy atom. The Balaban J connectivity index is 2.22. The van der Waals surface area contributed by atoms with Crippen LogP contribution in [0.4, 0.5) is 4.79 Å². The van der Waals surface area contributed by atoms with Gasteiger partial charge in [-0.1, -0.05) is 94.8 Å². The van der Waals surface area contributed by atoms with E-state index in [2.05, 4.69) is 63.8 Å². The molecule has 0 spiro atoms. The molecule has 1 saturated heterocycles. The molecule has 1 heterocycles. The van der Waals surface area contributed by atoms with Crippen LogP contribution in [0.1, 0.15) is 77.8 Å². The highest BCUT2D eigenvalue weighted by Gasteiger charge is 2.59. The third-order valence-electron chi connectivity index (χ3n) is 6.78. The first-order chi connectivity index (χ1) is 14.4. The van der Waals surface area contributed by atoms with E-state index in [1.54, 1.807) is 0 Å². The summed E-state index contributed by atoms with van der Waals surface area (Å²) in [5.41, 5.74) is 1.09. The zero-order valence-corrected chi connectivity index (χ0v) is 19.2. The minimum atomic E-state index is -0.793. The van der Waals surface area contributed by atoms with Gasteiger partial charge >= 0.3 is 6.09 Å². The Bertz CT molecular complexity index is 778. The van der Waals surface area contributed by atoms with Crippen molar-refractivity contribution in [3.8, 4) is 0 Å². The van der Waals surface area contributed by atoms with Crippen molar-refractivity contribution in [3.05, 3.63) is 71.8 Å². The van der Waals surface area contributed by atoms with Gasteiger partial charge in [0.05, 0.1) is 6.04 Å². The van der Waals surface area contributed by atoms with Gasteiger partial charge in [-0.2, -0.15) is 0 Å². The maximum absolute atomic E-state index is 13.6. The third kappa shape index (κ3) is 3.99. The summed E-state index contributed by atoms with van der Waals surface area (Å²) in [7, 11) is 0. The highest BCUT2D eigenvalue weighted by molar-refractivity contribution is 5.74. The van der Waals surface area contributed by atoms with Crippen molar-refractivity contribution in [1.82, 2.24) is 4.90 Å². The molecule has 3 heteroatoms. The molecule has 1 aliphatic rings. The van der Waals surface area contributed by atoms with E-state index in [9.17, 15) is 4.79 Å². The van der Waals surface area contributed by atoms with Crippen LogP contribution >= 0.6 is 0 Å². The van der Waals surface area contributed by atoms with Gasteiger partial charge in [0.2, 0.25) is 0 Å². The Labute approximate surface area is 182 Å². The van der Waals surface area contributed by atoms with Gasteiger partial charge in [-0.3, -0.25) is 4.90 Å². The monoisotopic (exact) mass is 407 g/mol. The predicted octanol–water partition coefficient (Wildman–Crippen LogP) is 7.16. The number of nitrogens with zero attached hydrogens (tertiary/aromatic N) is 1. The molecule has 2 unspecified atom stereocenters. The lowest BCUT2D eigenvalue weighted by molar-refractivity contribution is 0.0558. The summed E-state index contributed by atoms with van der Waals surface area (Å²) in [4.78, 5) is 15.7. The predicted molar refractivity (Wildman–Crippen MR) is 123 cm³/mol. The number of hydrogen-bond acceptors (Lipinski definition) is 2. The first-order valence-corrected chi connectivity index (χ1v) is 11.5. The zero-order valence-electron chi connectivity index (χ0n) is 19.2. The molecule has 0 saturated carbocycles. The molecule has 0 bridgehead atoms. The standard InChI is InChI=1S/C27H37NO2/c1-6-20-26(5,7-2)28-24(19-18-21(3)4)27(30-25(28)29,22-14-10-8-11-15-22)23-16-12-9-13-17-23/h8-17,21,24H,6-7,18-20H2,1-5H3. The molecular weight excluding hydrogens is 370 g/mol. The number of benzene rings is 2. The van der Waals surface area contributed by atoms with E-state index in [0.29, 0.717) is 5.92 Å². The SMILES string of the molecule is CCCC(C)(CC)N1C(=O)OC(c2ccccc2)(c2ccccc2)C1CCC(C)C. The lowest BCUT2D eigenvalue weighted by Crippen LogP contribution is -2.54. The van der Waals surface area contributed by atoms with Crippen LogP contribution in [0, 0.1) is 5.92 Å². The molecule has 3 rings (SSSR count). The van der Waals surface area contributed by atoms with Crippen LogP contribution in [-0.2, 0) is 10.3 Å². The summed E-state index contributed by atoms with van der Waals surface area (Å²) < 4.78 is 6.46. The van der Waals surface area contributed by atoms with Gasteiger partial charge in [0.25, 0.3) is 0 Å². The van der Waals surface area contributed by atoms with Crippen molar-refractivity contribution in [2.75, 3.05) is 0 Å². The van der Waals surface area contributed by atoms with Crippen LogP contribution in [0.3, 0.4) is 0 Å². The summed E-state index contributed by atoms with van der Waals surface area (Å²) in [6, 6.07) is 20.6. The number of amides is 1. The van der Waals surface area contributed by atoms with Gasteiger partial charge in [0, 0.05) is 16.7 Å². The number of carbonyl (C=O) groups excluding carboxylic acids is 1. The minimum Gasteiger partial charge on any atom is -0.431 e. The smallest absolute Gasteiger partial charge is 0.411 e. The molecule has 1 amide bonds. The second-order valence-electron chi connectivity index (χ2n) is 9.29. The van der Waals surface area contributed by atoms with Crippen LogP contribution in [0.15, 0.2) is 60.7 Å². The number of ether oxygens (including phenoxy) is 1. The van der Waals surface area contributed by atoms with Gasteiger partial charge in [0.15, 0.2) is 5.60 Å². The summed E-state index contributed by atoms with van der Waals surface area (Å²) in [5.74, 6) is 0.561. The van der Waals surface area contributed by atoms with E-state index in [-0.39, 0.29) is 17.7 Å². The van der Waals surface area contributed by atoms with E-state index in [1.807, 2.05) is 36.4 Å². The average Bonchev–Trinajstić information content (AvgIpc) is 3.07. The van der Waals surface area contributed by atoms with Crippen molar-refractivity contribution < 1.29 is 9.53 Å². The van der Waals surface area contributed by atoms with Crippen molar-refractivity contribution in [1.29, 1.82) is 0 Å². The second-order valence-corrected chi connectivity index (χ2v) is 9.29. The highest BCUT2D eigenvalue weighted by atomic mass is 16.6. The fourth-order valence-corrected chi connectivity index (χ4v) is 5.03. The maximum atomic E-state index is 13.6. The van der Waals surface area contributed by atoms with Gasteiger partial charge in [-0.25, -0.2) is 4.79 Å². The Hall–Kier alpha value is -2.29. The minimum absolute atomic E-state index is 0.0475. The lowest BCUT2D eigenvalue weighted by Gasteiger charge is -2.44. The fourth-order valence-electron chi connectivity index (χ4n) is 5.03. The number of rotatable bonds is 9. The van der Waals surface area contributed by atoms with Crippen LogP contribution in [0.25, 0.3) is 0 Å². The van der Waals surface area contributed by atoms with Gasteiger partial charge in [-0.15, -0.1) is 0 Å². The van der Waals surface area contributed by atoms with Crippen molar-refractivity contribution in [3.63, 3.8) is 0 Å². The van der Waals surface area contributed by atoms with Crippen LogP contribution < -0.4 is 0 Å². The van der Waals surface area contributed by atoms with E-state index < -0.39 is 5.60 Å². The second kappa shape index (κ2) is 9.24. The molecule has 2 aromatic carbocycles. The summed E-state index contributed by atoms with van der Waals surface area (Å²) >= 11 is 0. The van der Waals surface area contributed by atoms with Gasteiger partial charge in [0.1, 0.15) is 0 Å². The molecule has 0 aromatic heterocycles. The molecule has 162 valence electrons. The Kier molecular flexibility index (Phi) is 6.90. The lowest BCUT2D eigenvalue weighted by atomic mass is 9.76. The molecule has 0 N–H and O–H groups in total. The first-order valence-electron chi connectivity index (χ1n) is 11.5. The normalized spacial score (nSPS) is 20.3. The van der Waals surface area contributed by atoms with Crippen LogP contribution in [0.5, 0.6) is 0 Å². The molecule has 30 heavy (non-hydrogen) atoms. The highest BCUT2D eigenvalue weighted by Crippen LogP contribution is 2.50. The first kappa shape index (κ1) is 22.4. The Morgan fingerprint density at radius 1 is 1.00 bits per heavy atom. The van der Waals surface area contributed by atoms with E-state index in [1.165, 1.54) is 0 Å². The van der Waals surface area contributed by atoms with Crippen molar-refractivity contribution >= 4 is 6.09 Å². The summed E-state index contributed by atoms with van der Waals surface area (Å²) in [6.07, 6.45) is 4.69. The molecule has 1 aliphatic heterocycles. The number of cyclic esters (lactones) is 1. The van der Waals surface area contributed by atoms with Crippen molar-refractivity contribution in [2.45, 2.75) is 83.9 Å². The van der Waals surface area contributed by atoms with Crippen LogP contribution in [-0.4, -0.2) is 22.6 Å². The summed E-state index contributed by atoms with van der Waals surface area (Å²) in [6.45, 7) is 11.1. The Morgan fingerprint density at radius 2 is 1.53 bits per heavy atom. The topological polar surface area (TPSA) is 29.5 Å². The van der Waals surface area contributed by atoms with Crippen molar-refractivity contribution in [2.24, 2.45) is 5.92 Å². The number of carbonyl (C=O) groups is 1. The molecule has 2 aromatic rings.